The molecule has 21 heavy (non-hydrogen) atoms. The average Bonchev–Trinajstić information content (AvgIpc) is 2.49. The van der Waals surface area contributed by atoms with E-state index in [0.717, 1.165) is 5.56 Å². The highest BCUT2D eigenvalue weighted by atomic mass is 35.5. The molecule has 0 saturated carbocycles. The Morgan fingerprint density at radius 2 is 1.76 bits per heavy atom. The largest absolute Gasteiger partial charge is 0.399 e. The minimum Gasteiger partial charge on any atom is -0.399 e. The minimum absolute atomic E-state index is 0.324. The third kappa shape index (κ3) is 4.78. The van der Waals surface area contributed by atoms with Crippen LogP contribution in [0.15, 0.2) is 64.7 Å². The van der Waals surface area contributed by atoms with Crippen LogP contribution in [0.2, 0.25) is 0 Å². The first-order valence-electron chi connectivity index (χ1n) is 6.26. The Labute approximate surface area is 127 Å². The van der Waals surface area contributed by atoms with Crippen LogP contribution in [0.1, 0.15) is 15.9 Å². The lowest BCUT2D eigenvalue weighted by Crippen LogP contribution is -2.17. The van der Waals surface area contributed by atoms with Crippen molar-refractivity contribution in [2.24, 2.45) is 5.10 Å². The first kappa shape index (κ1) is 14.8. The number of benzene rings is 2. The Balaban J connectivity index is 1.94. The second-order valence-corrected chi connectivity index (χ2v) is 4.70. The van der Waals surface area contributed by atoms with Gasteiger partial charge in [-0.25, -0.2) is 5.43 Å². The summed E-state index contributed by atoms with van der Waals surface area (Å²) < 4.78 is 0. The number of nitrogens with zero attached hydrogens (tertiary/aromatic N) is 1. The van der Waals surface area contributed by atoms with Gasteiger partial charge in [-0.1, -0.05) is 41.9 Å². The zero-order chi connectivity index (χ0) is 15.1. The van der Waals surface area contributed by atoms with Crippen molar-refractivity contribution in [3.05, 3.63) is 70.8 Å². The molecule has 0 radical (unpaired) electrons. The number of hydrazone groups is 1. The first-order valence-corrected chi connectivity index (χ1v) is 6.64. The van der Waals surface area contributed by atoms with Gasteiger partial charge in [-0.15, -0.1) is 0 Å². The quantitative estimate of drug-likeness (QED) is 0.517. The summed E-state index contributed by atoms with van der Waals surface area (Å²) in [6.07, 6.45) is 3.13. The number of nitrogen functional groups attached to an aromatic ring is 1. The molecular formula is C16H14ClN3O. The van der Waals surface area contributed by atoms with E-state index in [-0.39, 0.29) is 5.91 Å². The maximum absolute atomic E-state index is 11.8. The highest BCUT2D eigenvalue weighted by Gasteiger charge is 2.02. The van der Waals surface area contributed by atoms with Gasteiger partial charge in [0.2, 0.25) is 0 Å². The number of hydrogen-bond acceptors (Lipinski definition) is 3. The van der Waals surface area contributed by atoms with Gasteiger partial charge in [-0.2, -0.15) is 5.10 Å². The van der Waals surface area contributed by atoms with Gasteiger partial charge in [-0.3, -0.25) is 4.79 Å². The van der Waals surface area contributed by atoms with Gasteiger partial charge in [0.25, 0.3) is 5.91 Å². The monoisotopic (exact) mass is 299 g/mol. The number of amides is 1. The summed E-state index contributed by atoms with van der Waals surface area (Å²) in [4.78, 5) is 11.8. The van der Waals surface area contributed by atoms with Gasteiger partial charge < -0.3 is 5.73 Å². The molecule has 2 aromatic rings. The van der Waals surface area contributed by atoms with Gasteiger partial charge >= 0.3 is 0 Å². The maximum atomic E-state index is 11.8. The van der Waals surface area contributed by atoms with Crippen molar-refractivity contribution in [3.63, 3.8) is 0 Å². The van der Waals surface area contributed by atoms with E-state index in [0.29, 0.717) is 16.3 Å². The molecule has 5 heteroatoms. The van der Waals surface area contributed by atoms with E-state index in [1.165, 1.54) is 6.21 Å². The normalized spacial score (nSPS) is 11.6. The zero-order valence-electron chi connectivity index (χ0n) is 11.2. The molecule has 0 aliphatic rings. The molecule has 0 fully saturated rings. The predicted octanol–water partition coefficient (Wildman–Crippen LogP) is 3.26. The van der Waals surface area contributed by atoms with Crippen LogP contribution in [0.5, 0.6) is 0 Å². The van der Waals surface area contributed by atoms with Gasteiger partial charge in [-0.05, 0) is 35.9 Å². The summed E-state index contributed by atoms with van der Waals surface area (Å²) in [5.41, 5.74) is 9.99. The number of anilines is 1. The molecule has 2 rings (SSSR count). The number of hydrogen-bond donors (Lipinski definition) is 2. The number of nitrogens with two attached hydrogens (primary N) is 1. The zero-order valence-corrected chi connectivity index (χ0v) is 11.9. The van der Waals surface area contributed by atoms with Crippen molar-refractivity contribution in [2.45, 2.75) is 0 Å². The van der Waals surface area contributed by atoms with Crippen LogP contribution >= 0.6 is 11.6 Å². The Morgan fingerprint density at radius 1 is 1.10 bits per heavy atom. The molecule has 106 valence electrons. The highest BCUT2D eigenvalue weighted by Crippen LogP contribution is 2.08. The van der Waals surface area contributed by atoms with E-state index < -0.39 is 0 Å². The Hall–Kier alpha value is -2.59. The molecule has 0 bridgehead atoms. The van der Waals surface area contributed by atoms with Crippen molar-refractivity contribution in [3.8, 4) is 0 Å². The van der Waals surface area contributed by atoms with E-state index in [1.54, 1.807) is 30.3 Å². The van der Waals surface area contributed by atoms with Crippen LogP contribution in [0, 0.1) is 0 Å². The first-order chi connectivity index (χ1) is 10.1. The van der Waals surface area contributed by atoms with E-state index in [9.17, 15) is 4.79 Å². The van der Waals surface area contributed by atoms with Crippen molar-refractivity contribution >= 4 is 35.5 Å². The Morgan fingerprint density at radius 3 is 2.43 bits per heavy atom. The molecule has 0 saturated heterocycles. The molecular weight excluding hydrogens is 286 g/mol. The average molecular weight is 300 g/mol. The number of nitrogens with one attached hydrogen (secondary N) is 1. The lowest BCUT2D eigenvalue weighted by Gasteiger charge is -2.00. The van der Waals surface area contributed by atoms with Crippen LogP contribution in [0.4, 0.5) is 5.69 Å². The fourth-order valence-electron chi connectivity index (χ4n) is 1.60. The van der Waals surface area contributed by atoms with Crippen LogP contribution in [0.3, 0.4) is 0 Å². The third-order valence-corrected chi connectivity index (χ3v) is 2.84. The number of rotatable bonds is 4. The van der Waals surface area contributed by atoms with Crippen molar-refractivity contribution in [2.75, 3.05) is 5.73 Å². The molecule has 0 aromatic heterocycles. The summed E-state index contributed by atoms with van der Waals surface area (Å²) >= 11 is 6.01. The van der Waals surface area contributed by atoms with E-state index in [1.807, 2.05) is 30.3 Å². The topological polar surface area (TPSA) is 67.5 Å². The van der Waals surface area contributed by atoms with Crippen molar-refractivity contribution in [1.82, 2.24) is 5.43 Å². The molecule has 0 unspecified atom stereocenters. The minimum atomic E-state index is -0.324. The molecule has 0 heterocycles. The summed E-state index contributed by atoms with van der Waals surface area (Å²) in [6, 6.07) is 16.1. The number of carbonyl (C=O) groups excluding carboxylic acids is 1. The fourth-order valence-corrected chi connectivity index (χ4v) is 1.77. The summed E-state index contributed by atoms with van der Waals surface area (Å²) in [5.74, 6) is -0.324. The van der Waals surface area contributed by atoms with E-state index >= 15 is 0 Å². The van der Waals surface area contributed by atoms with Crippen molar-refractivity contribution in [1.29, 1.82) is 0 Å². The molecule has 1 amide bonds. The van der Waals surface area contributed by atoms with Gasteiger partial charge in [0, 0.05) is 11.3 Å². The smallest absolute Gasteiger partial charge is 0.271 e. The van der Waals surface area contributed by atoms with Crippen LogP contribution < -0.4 is 11.2 Å². The standard InChI is InChI=1S/C16H14ClN3O/c17-14(10-12-4-2-1-3-5-12)11-19-20-16(21)13-6-8-15(18)9-7-13/h1-11H,18H2,(H,20,21)/b14-10+,19-11-. The predicted molar refractivity (Wildman–Crippen MR) is 87.1 cm³/mol. The summed E-state index contributed by atoms with van der Waals surface area (Å²) in [6.45, 7) is 0. The molecule has 3 N–H and O–H groups in total. The number of allylic oxidation sites excluding steroid dienone is 1. The molecule has 0 aliphatic heterocycles. The highest BCUT2D eigenvalue weighted by molar-refractivity contribution is 6.41. The maximum Gasteiger partial charge on any atom is 0.271 e. The molecule has 0 atom stereocenters. The second-order valence-electron chi connectivity index (χ2n) is 4.26. The van der Waals surface area contributed by atoms with Crippen molar-refractivity contribution < 1.29 is 4.79 Å². The molecule has 0 aliphatic carbocycles. The van der Waals surface area contributed by atoms with Crippen LogP contribution in [-0.2, 0) is 0 Å². The van der Waals surface area contributed by atoms with Crippen LogP contribution in [0.25, 0.3) is 6.08 Å². The summed E-state index contributed by atoms with van der Waals surface area (Å²) in [7, 11) is 0. The lowest BCUT2D eigenvalue weighted by molar-refractivity contribution is 0.0955. The molecule has 0 spiro atoms. The molecule has 4 nitrogen and oxygen atoms in total. The van der Waals surface area contributed by atoms with Gasteiger partial charge in [0.1, 0.15) is 0 Å². The Kier molecular flexibility index (Phi) is 5.12. The third-order valence-electron chi connectivity index (χ3n) is 2.63. The second kappa shape index (κ2) is 7.26. The van der Waals surface area contributed by atoms with Gasteiger partial charge in [0.15, 0.2) is 0 Å². The summed E-state index contributed by atoms with van der Waals surface area (Å²) in [5, 5.41) is 4.23. The number of halogens is 1. The number of carbonyl (C=O) groups is 1. The molecule has 2 aromatic carbocycles. The SMILES string of the molecule is Nc1ccc(C(=O)N/N=C\C(Cl)=C/c2ccccc2)cc1. The van der Waals surface area contributed by atoms with E-state index in [2.05, 4.69) is 10.5 Å². The van der Waals surface area contributed by atoms with E-state index in [4.69, 9.17) is 17.3 Å². The lowest BCUT2D eigenvalue weighted by atomic mass is 10.2. The fraction of sp³-hybridized carbons (Fsp3) is 0. The Bertz CT molecular complexity index is 664. The van der Waals surface area contributed by atoms with Gasteiger partial charge in [0.05, 0.1) is 11.2 Å². The van der Waals surface area contributed by atoms with Crippen LogP contribution in [-0.4, -0.2) is 12.1 Å².